The highest BCUT2D eigenvalue weighted by atomic mass is 19.1. The summed E-state index contributed by atoms with van der Waals surface area (Å²) in [6.45, 7) is 0.241. The quantitative estimate of drug-likeness (QED) is 0.662. The van der Waals surface area contributed by atoms with Gasteiger partial charge in [0.2, 0.25) is 5.91 Å². The molecule has 9 heteroatoms. The maximum absolute atomic E-state index is 13.5. The molecule has 0 bridgehead atoms. The van der Waals surface area contributed by atoms with E-state index in [1.807, 2.05) is 0 Å². The van der Waals surface area contributed by atoms with Crippen LogP contribution in [-0.4, -0.2) is 60.6 Å². The van der Waals surface area contributed by atoms with Crippen LogP contribution in [0.25, 0.3) is 0 Å². The highest BCUT2D eigenvalue weighted by molar-refractivity contribution is 6.05. The smallest absolute Gasteiger partial charge is 0.257 e. The number of amides is 3. The number of carbonyl (C=O) groups is 3. The predicted octanol–water partition coefficient (Wildman–Crippen LogP) is 3.52. The first-order chi connectivity index (χ1) is 17.4. The molecule has 2 N–H and O–H groups in total. The number of hydrogen-bond donors (Lipinski definition) is 2. The zero-order valence-electron chi connectivity index (χ0n) is 20.2. The van der Waals surface area contributed by atoms with Crippen molar-refractivity contribution in [3.63, 3.8) is 0 Å². The topological polar surface area (TPSA) is 97.0 Å². The van der Waals surface area contributed by atoms with Crippen LogP contribution in [-0.2, 0) is 9.53 Å². The molecule has 0 aromatic heterocycles. The molecule has 3 amide bonds. The third-order valence-electron chi connectivity index (χ3n) is 7.24. The van der Waals surface area contributed by atoms with Gasteiger partial charge >= 0.3 is 0 Å². The molecule has 3 aliphatic rings. The average Bonchev–Trinajstić information content (AvgIpc) is 2.84. The SMILES string of the molecule is CN1C(=O)c2cc(NC(=O)c3cccc(F)c3)ccc2OC[C@@H]2O[C@H](CC(=O)NC3CCC3)CC[C@@H]21. The zero-order chi connectivity index (χ0) is 25.2. The van der Waals surface area contributed by atoms with Gasteiger partial charge in [0.05, 0.1) is 24.1 Å². The Morgan fingerprint density at radius 3 is 2.69 bits per heavy atom. The highest BCUT2D eigenvalue weighted by Crippen LogP contribution is 2.32. The fraction of sp³-hybridized carbons (Fsp3) is 0.444. The minimum atomic E-state index is -0.503. The van der Waals surface area contributed by atoms with E-state index >= 15 is 0 Å². The van der Waals surface area contributed by atoms with Crippen molar-refractivity contribution >= 4 is 23.4 Å². The van der Waals surface area contributed by atoms with E-state index in [0.717, 1.165) is 25.3 Å². The number of rotatable bonds is 5. The monoisotopic (exact) mass is 495 g/mol. The van der Waals surface area contributed by atoms with Crippen molar-refractivity contribution in [2.75, 3.05) is 19.0 Å². The van der Waals surface area contributed by atoms with Crippen LogP contribution >= 0.6 is 0 Å². The van der Waals surface area contributed by atoms with Crippen LogP contribution in [0.5, 0.6) is 5.75 Å². The van der Waals surface area contributed by atoms with Crippen LogP contribution in [0.3, 0.4) is 0 Å². The molecule has 2 fully saturated rings. The molecule has 3 atom stereocenters. The summed E-state index contributed by atoms with van der Waals surface area (Å²) < 4.78 is 25.7. The molecule has 2 heterocycles. The molecule has 1 saturated heterocycles. The first-order valence-electron chi connectivity index (χ1n) is 12.4. The summed E-state index contributed by atoms with van der Waals surface area (Å²) in [4.78, 5) is 39.9. The molecule has 36 heavy (non-hydrogen) atoms. The van der Waals surface area contributed by atoms with Crippen LogP contribution in [0.2, 0.25) is 0 Å². The molecule has 2 aliphatic heterocycles. The maximum atomic E-state index is 13.5. The number of likely N-dealkylation sites (N-methyl/N-ethyl adjacent to an activating group) is 1. The van der Waals surface area contributed by atoms with E-state index in [4.69, 9.17) is 9.47 Å². The van der Waals surface area contributed by atoms with Crippen LogP contribution in [0.15, 0.2) is 42.5 Å². The van der Waals surface area contributed by atoms with Crippen molar-refractivity contribution in [3.05, 3.63) is 59.4 Å². The number of carbonyl (C=O) groups excluding carboxylic acids is 3. The Bertz CT molecular complexity index is 1170. The minimum Gasteiger partial charge on any atom is -0.490 e. The van der Waals surface area contributed by atoms with E-state index in [9.17, 15) is 18.8 Å². The van der Waals surface area contributed by atoms with E-state index in [0.29, 0.717) is 42.3 Å². The van der Waals surface area contributed by atoms with Crippen molar-refractivity contribution in [2.45, 2.75) is 62.8 Å². The van der Waals surface area contributed by atoms with Crippen LogP contribution in [0.1, 0.15) is 59.2 Å². The van der Waals surface area contributed by atoms with Gasteiger partial charge in [0.1, 0.15) is 24.3 Å². The van der Waals surface area contributed by atoms with E-state index in [1.54, 1.807) is 30.1 Å². The number of anilines is 1. The molecule has 1 aliphatic carbocycles. The van der Waals surface area contributed by atoms with Gasteiger partial charge in [-0.3, -0.25) is 14.4 Å². The normalized spacial score (nSPS) is 23.8. The fourth-order valence-corrected chi connectivity index (χ4v) is 4.98. The fourth-order valence-electron chi connectivity index (χ4n) is 4.98. The Kier molecular flexibility index (Phi) is 6.91. The molecular formula is C27H30FN3O5. The Morgan fingerprint density at radius 1 is 1.11 bits per heavy atom. The minimum absolute atomic E-state index is 0.0116. The van der Waals surface area contributed by atoms with Gasteiger partial charge in [0.25, 0.3) is 11.8 Å². The Labute approximate surface area is 209 Å². The maximum Gasteiger partial charge on any atom is 0.257 e. The molecular weight excluding hydrogens is 465 g/mol. The second kappa shape index (κ2) is 10.3. The third-order valence-corrected chi connectivity index (χ3v) is 7.24. The van der Waals surface area contributed by atoms with Gasteiger partial charge in [-0.05, 0) is 68.5 Å². The summed E-state index contributed by atoms with van der Waals surface area (Å²) in [5.74, 6) is -0.821. The Morgan fingerprint density at radius 2 is 1.94 bits per heavy atom. The summed E-state index contributed by atoms with van der Waals surface area (Å²) in [5, 5.41) is 5.77. The second-order valence-electron chi connectivity index (χ2n) is 9.74. The average molecular weight is 496 g/mol. The third kappa shape index (κ3) is 5.21. The van der Waals surface area contributed by atoms with Gasteiger partial charge in [-0.2, -0.15) is 0 Å². The van der Waals surface area contributed by atoms with Gasteiger partial charge in [0, 0.05) is 24.3 Å². The van der Waals surface area contributed by atoms with Crippen molar-refractivity contribution in [2.24, 2.45) is 0 Å². The molecule has 0 spiro atoms. The summed E-state index contributed by atoms with van der Waals surface area (Å²) in [6, 6.07) is 10.3. The largest absolute Gasteiger partial charge is 0.490 e. The van der Waals surface area contributed by atoms with Gasteiger partial charge < -0.3 is 25.0 Å². The molecule has 1 saturated carbocycles. The van der Waals surface area contributed by atoms with Crippen LogP contribution < -0.4 is 15.4 Å². The zero-order valence-corrected chi connectivity index (χ0v) is 20.2. The lowest BCUT2D eigenvalue weighted by Gasteiger charge is -2.42. The molecule has 0 radical (unpaired) electrons. The van der Waals surface area contributed by atoms with E-state index in [1.165, 1.54) is 18.2 Å². The molecule has 190 valence electrons. The molecule has 5 rings (SSSR count). The van der Waals surface area contributed by atoms with Gasteiger partial charge in [-0.1, -0.05) is 6.07 Å². The number of ether oxygens (including phenoxy) is 2. The van der Waals surface area contributed by atoms with E-state index in [2.05, 4.69) is 10.6 Å². The predicted molar refractivity (Wildman–Crippen MR) is 130 cm³/mol. The second-order valence-corrected chi connectivity index (χ2v) is 9.74. The van der Waals surface area contributed by atoms with Crippen LogP contribution in [0, 0.1) is 5.82 Å². The number of nitrogens with zero attached hydrogens (tertiary/aromatic N) is 1. The summed E-state index contributed by atoms with van der Waals surface area (Å²) in [5.41, 5.74) is 0.914. The molecule has 0 unspecified atom stereocenters. The lowest BCUT2D eigenvalue weighted by Crippen LogP contribution is -2.54. The Hall–Kier alpha value is -3.46. The summed E-state index contributed by atoms with van der Waals surface area (Å²) in [7, 11) is 1.74. The van der Waals surface area contributed by atoms with Crippen molar-refractivity contribution in [1.29, 1.82) is 0 Å². The van der Waals surface area contributed by atoms with Crippen molar-refractivity contribution < 1.29 is 28.2 Å². The molecule has 2 aromatic carbocycles. The van der Waals surface area contributed by atoms with E-state index in [-0.39, 0.29) is 42.2 Å². The molecule has 2 aromatic rings. The van der Waals surface area contributed by atoms with Gasteiger partial charge in [-0.15, -0.1) is 0 Å². The van der Waals surface area contributed by atoms with Gasteiger partial charge in [-0.25, -0.2) is 4.39 Å². The van der Waals surface area contributed by atoms with Crippen molar-refractivity contribution in [1.82, 2.24) is 10.2 Å². The lowest BCUT2D eigenvalue weighted by atomic mass is 9.92. The molecule has 8 nitrogen and oxygen atoms in total. The van der Waals surface area contributed by atoms with Crippen molar-refractivity contribution in [3.8, 4) is 5.75 Å². The Balaban J connectivity index is 1.26. The first kappa shape index (κ1) is 24.2. The number of fused-ring (bicyclic) bond motifs is 2. The van der Waals surface area contributed by atoms with Gasteiger partial charge in [0.15, 0.2) is 0 Å². The number of halogens is 1. The number of nitrogens with one attached hydrogen (secondary N) is 2. The lowest BCUT2D eigenvalue weighted by molar-refractivity contribution is -0.135. The number of benzene rings is 2. The standard InChI is InChI=1S/C27H30FN3O5/c1-31-22-10-9-20(14-25(32)29-18-6-3-7-18)36-24(22)15-35-23-11-8-19(13-21(23)27(31)34)30-26(33)16-4-2-5-17(28)12-16/h2,4-5,8,11-13,18,20,22,24H,3,6-7,9-10,14-15H2,1H3,(H,29,32)(H,30,33)/t20-,22-,24-/m0/s1. The summed E-state index contributed by atoms with van der Waals surface area (Å²) >= 11 is 0. The highest BCUT2D eigenvalue weighted by Gasteiger charge is 2.39. The summed E-state index contributed by atoms with van der Waals surface area (Å²) in [6.07, 6.45) is 4.36. The van der Waals surface area contributed by atoms with E-state index < -0.39 is 11.7 Å². The first-order valence-corrected chi connectivity index (χ1v) is 12.4. The number of hydrogen-bond acceptors (Lipinski definition) is 5. The van der Waals surface area contributed by atoms with Crippen LogP contribution in [0.4, 0.5) is 10.1 Å².